The van der Waals surface area contributed by atoms with Gasteiger partial charge in [-0.2, -0.15) is 0 Å². The van der Waals surface area contributed by atoms with Crippen molar-refractivity contribution in [2.45, 2.75) is 38.0 Å². The van der Waals surface area contributed by atoms with Gasteiger partial charge in [0.15, 0.2) is 0 Å². The van der Waals surface area contributed by atoms with E-state index in [0.717, 1.165) is 29.9 Å². The summed E-state index contributed by atoms with van der Waals surface area (Å²) in [5, 5.41) is 2.48. The maximum absolute atomic E-state index is 2.48. The molecule has 68 heavy (non-hydrogen) atoms. The van der Waals surface area contributed by atoms with E-state index in [4.69, 9.17) is 0 Å². The lowest BCUT2D eigenvalue weighted by Gasteiger charge is -2.25. The van der Waals surface area contributed by atoms with E-state index < -0.39 is 0 Å². The maximum atomic E-state index is 2.48. The molecule has 1 aliphatic rings. The van der Waals surface area contributed by atoms with Crippen LogP contribution in [0.2, 0.25) is 0 Å². The predicted molar refractivity (Wildman–Crippen MR) is 287 cm³/mol. The van der Waals surface area contributed by atoms with E-state index >= 15 is 0 Å². The van der Waals surface area contributed by atoms with Crippen molar-refractivity contribution < 1.29 is 0 Å². The summed E-state index contributed by atoms with van der Waals surface area (Å²) in [6.45, 7) is 4.74. The summed E-state index contributed by atoms with van der Waals surface area (Å²) in [5.41, 5.74) is 21.2. The second-order valence-electron chi connectivity index (χ2n) is 18.9. The van der Waals surface area contributed by atoms with Crippen LogP contribution in [-0.2, 0) is 11.8 Å². The predicted octanol–water partition coefficient (Wildman–Crippen LogP) is 17.7. The zero-order valence-electron chi connectivity index (χ0n) is 38.6. The van der Waals surface area contributed by atoms with Crippen LogP contribution in [0.15, 0.2) is 249 Å². The summed E-state index contributed by atoms with van der Waals surface area (Å²) >= 11 is 0. The van der Waals surface area contributed by atoms with Crippen LogP contribution in [0.5, 0.6) is 0 Å². The van der Waals surface area contributed by atoms with Gasteiger partial charge in [-0.3, -0.25) is 0 Å². The van der Waals surface area contributed by atoms with E-state index in [0.29, 0.717) is 5.92 Å². The highest BCUT2D eigenvalue weighted by Gasteiger charge is 2.35. The first-order valence-corrected chi connectivity index (χ1v) is 24.0. The lowest BCUT2D eigenvalue weighted by Crippen LogP contribution is -2.15. The second kappa shape index (κ2) is 17.2. The summed E-state index contributed by atoms with van der Waals surface area (Å²) < 4.78 is 2.48. The number of para-hydroxylation sites is 2. The molecular weight excluding hydrogens is 821 g/mol. The molecule has 0 saturated carbocycles. The normalized spacial score (nSPS) is 13.0. The standard InChI is InChI=1S/C66H52N2/c1-66(2)62-26-16-15-25-58(62)59-40-38-56(45-63(59)66)68-64-41-34-51(47-28-30-50(31-29-47)57(49-19-9-4-10-20-49)39-27-46-17-7-3-8-18-46)43-60(64)61-44-52(35-42-65(61)68)48-32-36-55(37-33-48)67(53-21-11-5-12-22-53)54-23-13-6-14-24-54/h3-26,28-38,40-45,57H,27,39H2,1-2H3. The molecule has 12 rings (SSSR count). The van der Waals surface area contributed by atoms with Crippen molar-refractivity contribution >= 4 is 38.9 Å². The molecule has 11 aromatic rings. The van der Waals surface area contributed by atoms with Gasteiger partial charge in [-0.1, -0.05) is 190 Å². The number of hydrogen-bond acceptors (Lipinski definition) is 1. The average Bonchev–Trinajstić information content (AvgIpc) is 3.85. The highest BCUT2D eigenvalue weighted by molar-refractivity contribution is 6.11. The van der Waals surface area contributed by atoms with Gasteiger partial charge < -0.3 is 9.47 Å². The fraction of sp³-hybridized carbons (Fsp3) is 0.0909. The molecule has 1 aliphatic carbocycles. The van der Waals surface area contributed by atoms with Crippen LogP contribution in [0.4, 0.5) is 17.1 Å². The quantitative estimate of drug-likeness (QED) is 0.126. The summed E-state index contributed by atoms with van der Waals surface area (Å²) in [7, 11) is 0. The van der Waals surface area contributed by atoms with Gasteiger partial charge in [-0.15, -0.1) is 0 Å². The van der Waals surface area contributed by atoms with E-state index in [1.54, 1.807) is 0 Å². The molecule has 2 nitrogen and oxygen atoms in total. The molecule has 1 atom stereocenters. The van der Waals surface area contributed by atoms with Gasteiger partial charge >= 0.3 is 0 Å². The number of nitrogens with zero attached hydrogens (tertiary/aromatic N) is 2. The Morgan fingerprint density at radius 1 is 0.397 bits per heavy atom. The lowest BCUT2D eigenvalue weighted by atomic mass is 9.82. The maximum Gasteiger partial charge on any atom is 0.0541 e. The van der Waals surface area contributed by atoms with Gasteiger partial charge in [0.2, 0.25) is 0 Å². The number of anilines is 3. The molecule has 0 saturated heterocycles. The summed E-state index contributed by atoms with van der Waals surface area (Å²) in [6.07, 6.45) is 2.08. The molecule has 0 N–H and O–H groups in total. The molecule has 2 heteroatoms. The van der Waals surface area contributed by atoms with Crippen molar-refractivity contribution in [3.8, 4) is 39.1 Å². The second-order valence-corrected chi connectivity index (χ2v) is 18.9. The molecule has 326 valence electrons. The Hall–Kier alpha value is -8.20. The Morgan fingerprint density at radius 2 is 0.868 bits per heavy atom. The summed E-state index contributed by atoms with van der Waals surface area (Å²) in [6, 6.07) is 91.6. The Balaban J connectivity index is 0.955. The number of fused-ring (bicyclic) bond motifs is 6. The molecule has 0 spiro atoms. The van der Waals surface area contributed by atoms with Crippen molar-refractivity contribution in [2.75, 3.05) is 4.90 Å². The molecular formula is C66H52N2. The zero-order chi connectivity index (χ0) is 45.6. The van der Waals surface area contributed by atoms with E-state index in [1.165, 1.54) is 88.7 Å². The van der Waals surface area contributed by atoms with Crippen molar-refractivity contribution in [2.24, 2.45) is 0 Å². The van der Waals surface area contributed by atoms with Crippen LogP contribution < -0.4 is 4.90 Å². The summed E-state index contributed by atoms with van der Waals surface area (Å²) in [5.74, 6) is 0.309. The van der Waals surface area contributed by atoms with E-state index in [9.17, 15) is 0 Å². The van der Waals surface area contributed by atoms with Crippen LogP contribution in [0.25, 0.3) is 60.9 Å². The fourth-order valence-corrected chi connectivity index (χ4v) is 11.0. The minimum absolute atomic E-state index is 0.100. The molecule has 0 fully saturated rings. The Morgan fingerprint density at radius 3 is 1.47 bits per heavy atom. The zero-order valence-corrected chi connectivity index (χ0v) is 38.6. The van der Waals surface area contributed by atoms with Crippen LogP contribution in [0, 0.1) is 0 Å². The molecule has 10 aromatic carbocycles. The van der Waals surface area contributed by atoms with Crippen molar-refractivity contribution in [3.05, 3.63) is 277 Å². The third-order valence-electron chi connectivity index (χ3n) is 14.5. The van der Waals surface area contributed by atoms with Crippen LogP contribution >= 0.6 is 0 Å². The van der Waals surface area contributed by atoms with Gasteiger partial charge in [-0.05, 0) is 147 Å². The first kappa shape index (κ1) is 41.2. The van der Waals surface area contributed by atoms with Gasteiger partial charge in [-0.25, -0.2) is 0 Å². The summed E-state index contributed by atoms with van der Waals surface area (Å²) in [4.78, 5) is 2.32. The van der Waals surface area contributed by atoms with Gasteiger partial charge in [0.05, 0.1) is 11.0 Å². The highest BCUT2D eigenvalue weighted by Crippen LogP contribution is 2.50. The van der Waals surface area contributed by atoms with Crippen molar-refractivity contribution in [1.82, 2.24) is 4.57 Å². The van der Waals surface area contributed by atoms with E-state index in [1.807, 2.05) is 0 Å². The van der Waals surface area contributed by atoms with Gasteiger partial charge in [0, 0.05) is 44.9 Å². The smallest absolute Gasteiger partial charge is 0.0541 e. The molecule has 0 amide bonds. The monoisotopic (exact) mass is 872 g/mol. The molecule has 0 radical (unpaired) electrons. The fourth-order valence-electron chi connectivity index (χ4n) is 11.0. The topological polar surface area (TPSA) is 8.17 Å². The van der Waals surface area contributed by atoms with Crippen molar-refractivity contribution in [3.63, 3.8) is 0 Å². The molecule has 0 bridgehead atoms. The van der Waals surface area contributed by atoms with Crippen LogP contribution in [0.3, 0.4) is 0 Å². The molecule has 0 aliphatic heterocycles. The van der Waals surface area contributed by atoms with E-state index in [-0.39, 0.29) is 5.41 Å². The number of benzene rings is 10. The van der Waals surface area contributed by atoms with Crippen molar-refractivity contribution in [1.29, 1.82) is 0 Å². The Bertz CT molecular complexity index is 3510. The Kier molecular flexibility index (Phi) is 10.4. The Labute approximate surface area is 400 Å². The van der Waals surface area contributed by atoms with Gasteiger partial charge in [0.25, 0.3) is 0 Å². The third-order valence-corrected chi connectivity index (χ3v) is 14.5. The first-order chi connectivity index (χ1) is 33.5. The SMILES string of the molecule is CC1(C)c2ccccc2-c2ccc(-n3c4ccc(-c5ccc(C(CCc6ccccc6)c6ccccc6)cc5)cc4c4cc(-c5ccc(N(c6ccccc6)c6ccccc6)cc5)ccc43)cc21. The number of aromatic nitrogens is 1. The number of aryl methyl sites for hydroxylation is 1. The average molecular weight is 873 g/mol. The van der Waals surface area contributed by atoms with E-state index in [2.05, 4.69) is 272 Å². The largest absolute Gasteiger partial charge is 0.311 e. The number of hydrogen-bond donors (Lipinski definition) is 0. The van der Waals surface area contributed by atoms with Gasteiger partial charge in [0.1, 0.15) is 0 Å². The van der Waals surface area contributed by atoms with Crippen LogP contribution in [-0.4, -0.2) is 4.57 Å². The molecule has 1 unspecified atom stereocenters. The van der Waals surface area contributed by atoms with Crippen LogP contribution in [0.1, 0.15) is 54.0 Å². The minimum Gasteiger partial charge on any atom is -0.311 e. The third kappa shape index (κ3) is 7.39. The lowest BCUT2D eigenvalue weighted by molar-refractivity contribution is 0.660. The molecule has 1 heterocycles. The first-order valence-electron chi connectivity index (χ1n) is 24.0. The minimum atomic E-state index is -0.100. The highest BCUT2D eigenvalue weighted by atomic mass is 15.1. The molecule has 1 aromatic heterocycles. The number of rotatable bonds is 11.